The molecule has 1 rings (SSSR count). The monoisotopic (exact) mass is 343 g/mol. The number of benzene rings is 1. The second-order valence-electron chi connectivity index (χ2n) is 5.36. The van der Waals surface area contributed by atoms with Gasteiger partial charge in [0.25, 0.3) is 0 Å². The highest BCUT2D eigenvalue weighted by Gasteiger charge is 2.30. The van der Waals surface area contributed by atoms with E-state index in [1.54, 1.807) is 13.8 Å². The molecule has 112 valence electrons. The Labute approximate surface area is 129 Å². The molecule has 1 atom stereocenters. The quantitative estimate of drug-likeness (QED) is 0.805. The van der Waals surface area contributed by atoms with Crippen molar-refractivity contribution in [3.63, 3.8) is 0 Å². The summed E-state index contributed by atoms with van der Waals surface area (Å²) in [6.07, 6.45) is 0. The van der Waals surface area contributed by atoms with Gasteiger partial charge in [-0.15, -0.1) is 0 Å². The van der Waals surface area contributed by atoms with Crippen molar-refractivity contribution in [3.05, 3.63) is 28.2 Å². The van der Waals surface area contributed by atoms with Gasteiger partial charge in [0.2, 0.25) is 0 Å². The minimum atomic E-state index is -0.683. The van der Waals surface area contributed by atoms with E-state index in [0.29, 0.717) is 0 Å². The maximum atomic E-state index is 11.7. The lowest BCUT2D eigenvalue weighted by molar-refractivity contribution is -0.152. The van der Waals surface area contributed by atoms with Crippen LogP contribution in [0.4, 0.5) is 0 Å². The fourth-order valence-electron chi connectivity index (χ4n) is 1.74. The van der Waals surface area contributed by atoms with Gasteiger partial charge in [-0.1, -0.05) is 22.0 Å². The van der Waals surface area contributed by atoms with Crippen LogP contribution in [-0.4, -0.2) is 26.7 Å². The predicted molar refractivity (Wildman–Crippen MR) is 82.9 cm³/mol. The Hall–Kier alpha value is -1.07. The molecule has 0 aliphatic heterocycles. The Morgan fingerprint density at radius 2 is 2.10 bits per heavy atom. The molecule has 1 aromatic carbocycles. The summed E-state index contributed by atoms with van der Waals surface area (Å²) in [5, 5.41) is 3.19. The normalized spacial score (nSPS) is 12.9. The third-order valence-corrected chi connectivity index (χ3v) is 3.69. The minimum Gasteiger partial charge on any atom is -0.492 e. The third kappa shape index (κ3) is 4.21. The molecule has 0 saturated carbocycles. The third-order valence-electron chi connectivity index (χ3n) is 3.20. The standard InChI is InChI=1S/C15H22BrNO3/c1-10(17-4)12-7-6-11(16)8-13(12)20-9-15(2,3)14(18)19-5/h6-8,10,17H,9H2,1-5H3. The first-order valence-corrected chi connectivity index (χ1v) is 7.29. The van der Waals surface area contributed by atoms with E-state index in [4.69, 9.17) is 9.47 Å². The lowest BCUT2D eigenvalue weighted by atomic mass is 9.95. The molecule has 0 bridgehead atoms. The molecule has 0 spiro atoms. The Balaban J connectivity index is 2.91. The van der Waals surface area contributed by atoms with Crippen LogP contribution < -0.4 is 10.1 Å². The summed E-state index contributed by atoms with van der Waals surface area (Å²) in [7, 11) is 3.28. The summed E-state index contributed by atoms with van der Waals surface area (Å²) in [5.41, 5.74) is 0.369. The van der Waals surface area contributed by atoms with Gasteiger partial charge in [0.05, 0.1) is 12.5 Å². The van der Waals surface area contributed by atoms with Crippen molar-refractivity contribution >= 4 is 21.9 Å². The average molecular weight is 344 g/mol. The zero-order valence-corrected chi connectivity index (χ0v) is 14.2. The smallest absolute Gasteiger partial charge is 0.314 e. The number of hydrogen-bond donors (Lipinski definition) is 1. The van der Waals surface area contributed by atoms with E-state index in [-0.39, 0.29) is 18.6 Å². The van der Waals surface area contributed by atoms with Crippen LogP contribution in [0.15, 0.2) is 22.7 Å². The molecule has 20 heavy (non-hydrogen) atoms. The van der Waals surface area contributed by atoms with E-state index in [0.717, 1.165) is 15.8 Å². The summed E-state index contributed by atoms with van der Waals surface area (Å²) >= 11 is 3.44. The fourth-order valence-corrected chi connectivity index (χ4v) is 2.08. The molecular weight excluding hydrogens is 322 g/mol. The highest BCUT2D eigenvalue weighted by molar-refractivity contribution is 9.10. The zero-order chi connectivity index (χ0) is 15.3. The largest absolute Gasteiger partial charge is 0.492 e. The van der Waals surface area contributed by atoms with Crippen LogP contribution in [0.2, 0.25) is 0 Å². The van der Waals surface area contributed by atoms with E-state index in [2.05, 4.69) is 28.2 Å². The van der Waals surface area contributed by atoms with Crippen LogP contribution in [0.1, 0.15) is 32.4 Å². The average Bonchev–Trinajstić information content (AvgIpc) is 2.43. The van der Waals surface area contributed by atoms with Crippen LogP contribution in [0.3, 0.4) is 0 Å². The molecule has 0 aliphatic rings. The lowest BCUT2D eigenvalue weighted by Gasteiger charge is -2.24. The Morgan fingerprint density at radius 1 is 1.45 bits per heavy atom. The van der Waals surface area contributed by atoms with Gasteiger partial charge in [-0.3, -0.25) is 4.79 Å². The SMILES string of the molecule is CNC(C)c1ccc(Br)cc1OCC(C)(C)C(=O)OC. The van der Waals surface area contributed by atoms with Crippen LogP contribution in [0.25, 0.3) is 0 Å². The molecular formula is C15H22BrNO3. The fraction of sp³-hybridized carbons (Fsp3) is 0.533. The number of nitrogens with one attached hydrogen (secondary N) is 1. The van der Waals surface area contributed by atoms with Crippen molar-refractivity contribution in [2.24, 2.45) is 5.41 Å². The van der Waals surface area contributed by atoms with Gasteiger partial charge in [0, 0.05) is 16.1 Å². The number of rotatable bonds is 6. The van der Waals surface area contributed by atoms with Crippen molar-refractivity contribution in [2.45, 2.75) is 26.8 Å². The number of esters is 1. The van der Waals surface area contributed by atoms with Crippen molar-refractivity contribution in [3.8, 4) is 5.75 Å². The van der Waals surface area contributed by atoms with Crippen molar-refractivity contribution in [1.82, 2.24) is 5.32 Å². The van der Waals surface area contributed by atoms with E-state index in [1.165, 1.54) is 7.11 Å². The van der Waals surface area contributed by atoms with Crippen LogP contribution in [-0.2, 0) is 9.53 Å². The van der Waals surface area contributed by atoms with E-state index >= 15 is 0 Å². The van der Waals surface area contributed by atoms with Gasteiger partial charge < -0.3 is 14.8 Å². The molecule has 0 aromatic heterocycles. The summed E-state index contributed by atoms with van der Waals surface area (Å²) in [5.74, 6) is 0.480. The highest BCUT2D eigenvalue weighted by atomic mass is 79.9. The van der Waals surface area contributed by atoms with Crippen molar-refractivity contribution in [2.75, 3.05) is 20.8 Å². The van der Waals surface area contributed by atoms with E-state index in [9.17, 15) is 4.79 Å². The molecule has 4 nitrogen and oxygen atoms in total. The van der Waals surface area contributed by atoms with Gasteiger partial charge in [0.15, 0.2) is 0 Å². The number of methoxy groups -OCH3 is 1. The molecule has 1 N–H and O–H groups in total. The van der Waals surface area contributed by atoms with Crippen LogP contribution >= 0.6 is 15.9 Å². The lowest BCUT2D eigenvalue weighted by Crippen LogP contribution is -2.32. The van der Waals surface area contributed by atoms with E-state index < -0.39 is 5.41 Å². The molecule has 0 heterocycles. The number of hydrogen-bond acceptors (Lipinski definition) is 4. The Kier molecular flexibility index (Phi) is 6.02. The van der Waals surface area contributed by atoms with Gasteiger partial charge in [-0.25, -0.2) is 0 Å². The molecule has 0 amide bonds. The highest BCUT2D eigenvalue weighted by Crippen LogP contribution is 2.30. The van der Waals surface area contributed by atoms with Crippen LogP contribution in [0.5, 0.6) is 5.75 Å². The topological polar surface area (TPSA) is 47.6 Å². The first-order chi connectivity index (χ1) is 9.31. The van der Waals surface area contributed by atoms with Gasteiger partial charge in [-0.2, -0.15) is 0 Å². The molecule has 0 radical (unpaired) electrons. The van der Waals surface area contributed by atoms with Gasteiger partial charge >= 0.3 is 5.97 Å². The summed E-state index contributed by atoms with van der Waals surface area (Å²) in [6.45, 7) is 5.93. The van der Waals surface area contributed by atoms with E-state index in [1.807, 2.05) is 25.2 Å². The summed E-state index contributed by atoms with van der Waals surface area (Å²) in [4.78, 5) is 11.7. The van der Waals surface area contributed by atoms with Gasteiger partial charge in [-0.05, 0) is 40.0 Å². The maximum Gasteiger partial charge on any atom is 0.314 e. The second kappa shape index (κ2) is 7.09. The number of ether oxygens (including phenoxy) is 2. The predicted octanol–water partition coefficient (Wildman–Crippen LogP) is 3.31. The maximum absolute atomic E-state index is 11.7. The van der Waals surface area contributed by atoms with Gasteiger partial charge in [0.1, 0.15) is 12.4 Å². The molecule has 0 saturated heterocycles. The summed E-state index contributed by atoms with van der Waals surface area (Å²) in [6, 6.07) is 6.06. The second-order valence-corrected chi connectivity index (χ2v) is 6.27. The first-order valence-electron chi connectivity index (χ1n) is 6.49. The van der Waals surface area contributed by atoms with Crippen molar-refractivity contribution < 1.29 is 14.3 Å². The van der Waals surface area contributed by atoms with Crippen LogP contribution in [0, 0.1) is 5.41 Å². The Bertz CT molecular complexity index is 474. The molecule has 0 fully saturated rings. The number of carbonyl (C=O) groups is 1. The van der Waals surface area contributed by atoms with Crippen molar-refractivity contribution in [1.29, 1.82) is 0 Å². The summed E-state index contributed by atoms with van der Waals surface area (Å²) < 4.78 is 11.6. The minimum absolute atomic E-state index is 0.166. The molecule has 5 heteroatoms. The number of halogens is 1. The molecule has 0 aliphatic carbocycles. The molecule has 1 aromatic rings. The molecule has 1 unspecified atom stereocenters. The zero-order valence-electron chi connectivity index (χ0n) is 12.6. The first kappa shape index (κ1) is 17.0. The Morgan fingerprint density at radius 3 is 2.65 bits per heavy atom. The number of carbonyl (C=O) groups excluding carboxylic acids is 1.